The lowest BCUT2D eigenvalue weighted by atomic mass is 10.0. The van der Waals surface area contributed by atoms with E-state index in [1.54, 1.807) is 0 Å². The number of ether oxygens (including phenoxy) is 2. The van der Waals surface area contributed by atoms with E-state index in [9.17, 15) is 13.2 Å². The van der Waals surface area contributed by atoms with E-state index in [0.29, 0.717) is 17.7 Å². The predicted molar refractivity (Wildman–Crippen MR) is 56.9 cm³/mol. The molecule has 0 aliphatic rings. The minimum atomic E-state index is -4.71. The summed E-state index contributed by atoms with van der Waals surface area (Å²) < 4.78 is 45.0. The molecule has 1 aromatic carbocycles. The molecule has 0 aliphatic carbocycles. The van der Waals surface area contributed by atoms with Gasteiger partial charge in [0, 0.05) is 11.6 Å². The third-order valence-electron chi connectivity index (χ3n) is 2.27. The lowest BCUT2D eigenvalue weighted by molar-refractivity contribution is -0.274. The first-order chi connectivity index (χ1) is 7.87. The van der Waals surface area contributed by atoms with Crippen molar-refractivity contribution < 1.29 is 22.6 Å². The molecule has 1 rings (SSSR count). The van der Waals surface area contributed by atoms with Gasteiger partial charge in [-0.15, -0.1) is 13.2 Å². The lowest BCUT2D eigenvalue weighted by Crippen LogP contribution is -2.18. The molecule has 0 aromatic heterocycles. The van der Waals surface area contributed by atoms with Crippen molar-refractivity contribution in [1.82, 2.24) is 0 Å². The van der Waals surface area contributed by atoms with E-state index in [1.165, 1.54) is 25.3 Å². The molecule has 2 N–H and O–H groups in total. The van der Waals surface area contributed by atoms with Gasteiger partial charge >= 0.3 is 6.36 Å². The van der Waals surface area contributed by atoms with Gasteiger partial charge in [-0.1, -0.05) is 6.92 Å². The Kier molecular flexibility index (Phi) is 4.22. The van der Waals surface area contributed by atoms with Gasteiger partial charge < -0.3 is 15.2 Å². The summed E-state index contributed by atoms with van der Waals surface area (Å²) >= 11 is 0. The Bertz CT molecular complexity index is 379. The number of rotatable bonds is 4. The topological polar surface area (TPSA) is 44.5 Å². The van der Waals surface area contributed by atoms with E-state index in [2.05, 4.69) is 4.74 Å². The van der Waals surface area contributed by atoms with Crippen LogP contribution in [-0.2, 0) is 0 Å². The van der Waals surface area contributed by atoms with Gasteiger partial charge in [-0.3, -0.25) is 0 Å². The van der Waals surface area contributed by atoms with Gasteiger partial charge in [0.2, 0.25) is 0 Å². The fourth-order valence-corrected chi connectivity index (χ4v) is 1.42. The average Bonchev–Trinajstić information content (AvgIpc) is 2.25. The molecular formula is C11H14F3NO2. The van der Waals surface area contributed by atoms with Gasteiger partial charge in [0.25, 0.3) is 0 Å². The Morgan fingerprint density at radius 1 is 1.35 bits per heavy atom. The summed E-state index contributed by atoms with van der Waals surface area (Å²) in [6, 6.07) is 3.46. The third-order valence-corrected chi connectivity index (χ3v) is 2.27. The van der Waals surface area contributed by atoms with E-state index in [1.807, 2.05) is 6.92 Å². The molecule has 6 heteroatoms. The molecule has 1 aromatic rings. The highest BCUT2D eigenvalue weighted by Gasteiger charge is 2.31. The molecule has 0 unspecified atom stereocenters. The second kappa shape index (κ2) is 5.27. The number of alkyl halides is 3. The first kappa shape index (κ1) is 13.6. The van der Waals surface area contributed by atoms with Gasteiger partial charge in [0.15, 0.2) is 0 Å². The van der Waals surface area contributed by atoms with E-state index >= 15 is 0 Å². The molecule has 0 saturated carbocycles. The van der Waals surface area contributed by atoms with Crippen molar-refractivity contribution in [3.8, 4) is 11.5 Å². The minimum absolute atomic E-state index is 0.294. The molecular weight excluding hydrogens is 235 g/mol. The van der Waals surface area contributed by atoms with Crippen molar-refractivity contribution in [2.45, 2.75) is 25.7 Å². The Balaban J connectivity index is 3.04. The van der Waals surface area contributed by atoms with E-state index in [0.717, 1.165) is 0 Å². The van der Waals surface area contributed by atoms with Crippen molar-refractivity contribution in [1.29, 1.82) is 0 Å². The fourth-order valence-electron chi connectivity index (χ4n) is 1.42. The smallest absolute Gasteiger partial charge is 0.496 e. The zero-order chi connectivity index (χ0) is 13.1. The van der Waals surface area contributed by atoms with Crippen LogP contribution in [0.25, 0.3) is 0 Å². The average molecular weight is 249 g/mol. The molecule has 0 heterocycles. The van der Waals surface area contributed by atoms with Crippen LogP contribution >= 0.6 is 0 Å². The summed E-state index contributed by atoms with van der Waals surface area (Å²) in [5.41, 5.74) is 6.28. The Hall–Kier alpha value is -1.43. The highest BCUT2D eigenvalue weighted by Crippen LogP contribution is 2.32. The van der Waals surface area contributed by atoms with Crippen LogP contribution in [0.4, 0.5) is 13.2 Å². The van der Waals surface area contributed by atoms with Crippen molar-refractivity contribution in [3.63, 3.8) is 0 Å². The summed E-state index contributed by atoms with van der Waals surface area (Å²) in [6.45, 7) is 1.83. The van der Waals surface area contributed by atoms with Crippen LogP contribution < -0.4 is 15.2 Å². The van der Waals surface area contributed by atoms with Crippen LogP contribution in [0.1, 0.15) is 24.9 Å². The molecule has 0 saturated heterocycles. The van der Waals surface area contributed by atoms with Crippen molar-refractivity contribution in [3.05, 3.63) is 23.8 Å². The van der Waals surface area contributed by atoms with Crippen molar-refractivity contribution in [2.24, 2.45) is 5.73 Å². The van der Waals surface area contributed by atoms with Gasteiger partial charge in [0.1, 0.15) is 11.5 Å². The molecule has 0 aliphatic heterocycles. The molecule has 1 atom stereocenters. The van der Waals surface area contributed by atoms with Crippen molar-refractivity contribution >= 4 is 0 Å². The molecule has 0 bridgehead atoms. The van der Waals surface area contributed by atoms with Gasteiger partial charge in [-0.25, -0.2) is 0 Å². The predicted octanol–water partition coefficient (Wildman–Crippen LogP) is 3.00. The maximum atomic E-state index is 12.1. The quantitative estimate of drug-likeness (QED) is 0.892. The van der Waals surface area contributed by atoms with Crippen LogP contribution in [0.5, 0.6) is 11.5 Å². The summed E-state index contributed by atoms with van der Waals surface area (Å²) in [7, 11) is 1.44. The van der Waals surface area contributed by atoms with Gasteiger partial charge in [0.05, 0.1) is 7.11 Å². The van der Waals surface area contributed by atoms with E-state index in [4.69, 9.17) is 10.5 Å². The largest absolute Gasteiger partial charge is 0.573 e. The number of benzene rings is 1. The zero-order valence-corrected chi connectivity index (χ0v) is 9.54. The van der Waals surface area contributed by atoms with E-state index < -0.39 is 6.36 Å². The molecule has 0 fully saturated rings. The minimum Gasteiger partial charge on any atom is -0.496 e. The SMILES string of the molecule is CC[C@H](N)c1cc(OC(F)(F)F)ccc1OC. The Morgan fingerprint density at radius 2 is 2.00 bits per heavy atom. The fraction of sp³-hybridized carbons (Fsp3) is 0.455. The van der Waals surface area contributed by atoms with Gasteiger partial charge in [-0.2, -0.15) is 0 Å². The maximum absolute atomic E-state index is 12.1. The molecule has 0 amide bonds. The van der Waals surface area contributed by atoms with Crippen LogP contribution in [0.3, 0.4) is 0 Å². The second-order valence-corrected chi connectivity index (χ2v) is 3.47. The number of hydrogen-bond acceptors (Lipinski definition) is 3. The molecule has 96 valence electrons. The number of halogens is 3. The Morgan fingerprint density at radius 3 is 2.47 bits per heavy atom. The van der Waals surface area contributed by atoms with E-state index in [-0.39, 0.29) is 11.8 Å². The third kappa shape index (κ3) is 3.81. The lowest BCUT2D eigenvalue weighted by Gasteiger charge is -2.16. The van der Waals surface area contributed by atoms with Crippen LogP contribution in [0.2, 0.25) is 0 Å². The molecule has 17 heavy (non-hydrogen) atoms. The first-order valence-corrected chi connectivity index (χ1v) is 5.06. The summed E-state index contributed by atoms with van der Waals surface area (Å²) in [5, 5.41) is 0. The monoisotopic (exact) mass is 249 g/mol. The summed E-state index contributed by atoms with van der Waals surface area (Å²) in [6.07, 6.45) is -4.12. The molecule has 0 radical (unpaired) electrons. The maximum Gasteiger partial charge on any atom is 0.573 e. The summed E-state index contributed by atoms with van der Waals surface area (Å²) in [5.74, 6) is 0.158. The normalized spacial score (nSPS) is 13.3. The highest BCUT2D eigenvalue weighted by molar-refractivity contribution is 5.42. The first-order valence-electron chi connectivity index (χ1n) is 5.06. The van der Waals surface area contributed by atoms with Crippen LogP contribution in [-0.4, -0.2) is 13.5 Å². The van der Waals surface area contributed by atoms with Crippen LogP contribution in [0, 0.1) is 0 Å². The van der Waals surface area contributed by atoms with Gasteiger partial charge in [-0.05, 0) is 24.6 Å². The van der Waals surface area contributed by atoms with Crippen LogP contribution in [0.15, 0.2) is 18.2 Å². The highest BCUT2D eigenvalue weighted by atomic mass is 19.4. The number of methoxy groups -OCH3 is 1. The van der Waals surface area contributed by atoms with Crippen molar-refractivity contribution in [2.75, 3.05) is 7.11 Å². The number of nitrogens with two attached hydrogens (primary N) is 1. The zero-order valence-electron chi connectivity index (χ0n) is 9.54. The molecule has 0 spiro atoms. The second-order valence-electron chi connectivity index (χ2n) is 3.47. The standard InChI is InChI=1S/C11H14F3NO2/c1-3-9(15)8-6-7(17-11(12,13)14)4-5-10(8)16-2/h4-6,9H,3,15H2,1-2H3/t9-/m0/s1. The Labute approximate surface area is 97.3 Å². The molecule has 3 nitrogen and oxygen atoms in total. The number of hydrogen-bond donors (Lipinski definition) is 1. The summed E-state index contributed by atoms with van der Waals surface area (Å²) in [4.78, 5) is 0.